The van der Waals surface area contributed by atoms with Crippen molar-refractivity contribution in [3.63, 3.8) is 0 Å². The second-order valence-electron chi connectivity index (χ2n) is 3.38. The fourth-order valence-electron chi connectivity index (χ4n) is 1.25. The Labute approximate surface area is 103 Å². The molecule has 0 aliphatic carbocycles. The van der Waals surface area contributed by atoms with Crippen molar-refractivity contribution in [2.45, 2.75) is 13.5 Å². The molecule has 0 aliphatic rings. The molecular weight excluding hydrogens is 246 g/mol. The van der Waals surface area contributed by atoms with Gasteiger partial charge >= 0.3 is 0 Å². The van der Waals surface area contributed by atoms with E-state index in [1.165, 1.54) is 0 Å². The first-order valence-electron chi connectivity index (χ1n) is 5.16. The number of nitrogens with one attached hydrogen (secondary N) is 1. The Morgan fingerprint density at radius 2 is 2.25 bits per heavy atom. The predicted molar refractivity (Wildman–Crippen MR) is 68.4 cm³/mol. The van der Waals surface area contributed by atoms with Crippen LogP contribution in [0.15, 0.2) is 18.2 Å². The number of phenolic OH excluding ortho intramolecular Hbond substituents is 1. The highest BCUT2D eigenvalue weighted by atomic mass is 35.5. The maximum Gasteiger partial charge on any atom is 0.120 e. The largest absolute Gasteiger partial charge is 0.508 e. The minimum absolute atomic E-state index is 0.230. The summed E-state index contributed by atoms with van der Waals surface area (Å²) < 4.78 is 11.1. The van der Waals surface area contributed by atoms with Gasteiger partial charge in [-0.25, -0.2) is 0 Å². The molecule has 0 fully saturated rings. The Morgan fingerprint density at radius 1 is 1.50 bits per heavy atom. The first kappa shape index (κ1) is 13.5. The van der Waals surface area contributed by atoms with Gasteiger partial charge in [0.25, 0.3) is 0 Å². The quantitative estimate of drug-likeness (QED) is 0.769. The fraction of sp³-hybridized carbons (Fsp3) is 0.455. The van der Waals surface area contributed by atoms with E-state index in [0.29, 0.717) is 29.6 Å². The number of benzene rings is 1. The molecular formula is C11H16ClNO2S. The van der Waals surface area contributed by atoms with Gasteiger partial charge in [-0.1, -0.05) is 18.5 Å². The molecule has 0 amide bonds. The Balaban J connectivity index is 2.37. The smallest absolute Gasteiger partial charge is 0.120 e. The molecule has 0 saturated carbocycles. The molecule has 1 aromatic rings. The Hall–Kier alpha value is -0.580. The summed E-state index contributed by atoms with van der Waals surface area (Å²) in [7, 11) is -0.746. The molecule has 0 heterocycles. The van der Waals surface area contributed by atoms with Gasteiger partial charge < -0.3 is 10.4 Å². The standard InChI is InChI=1S/C11H16ClNO2S/c1-2-16(15)6-5-13-8-9-7-10(12)3-4-11(9)14/h3-4,7,13-14H,2,5-6,8H2,1H3. The number of hydrogen-bond acceptors (Lipinski definition) is 3. The van der Waals surface area contributed by atoms with Crippen LogP contribution in [0.2, 0.25) is 5.02 Å². The van der Waals surface area contributed by atoms with Gasteiger partial charge in [0.15, 0.2) is 0 Å². The number of rotatable bonds is 6. The second-order valence-corrected chi connectivity index (χ2v) is 5.68. The van der Waals surface area contributed by atoms with Crippen molar-refractivity contribution >= 4 is 22.4 Å². The van der Waals surface area contributed by atoms with Gasteiger partial charge in [0.2, 0.25) is 0 Å². The van der Waals surface area contributed by atoms with E-state index in [2.05, 4.69) is 5.32 Å². The van der Waals surface area contributed by atoms with E-state index in [0.717, 1.165) is 5.56 Å². The van der Waals surface area contributed by atoms with Crippen LogP contribution in [-0.4, -0.2) is 27.4 Å². The van der Waals surface area contributed by atoms with Crippen LogP contribution in [0.25, 0.3) is 0 Å². The lowest BCUT2D eigenvalue weighted by Gasteiger charge is -2.06. The van der Waals surface area contributed by atoms with Crippen LogP contribution in [0.1, 0.15) is 12.5 Å². The summed E-state index contributed by atoms with van der Waals surface area (Å²) in [4.78, 5) is 0. The lowest BCUT2D eigenvalue weighted by atomic mass is 10.2. The van der Waals surface area contributed by atoms with Crippen molar-refractivity contribution in [2.24, 2.45) is 0 Å². The summed E-state index contributed by atoms with van der Waals surface area (Å²) in [5.41, 5.74) is 0.759. The Morgan fingerprint density at radius 3 is 2.94 bits per heavy atom. The van der Waals surface area contributed by atoms with E-state index in [1.807, 2.05) is 6.92 Å². The van der Waals surface area contributed by atoms with Crippen LogP contribution in [0.4, 0.5) is 0 Å². The predicted octanol–water partition coefficient (Wildman–Crippen LogP) is 1.90. The molecule has 0 radical (unpaired) electrons. The van der Waals surface area contributed by atoms with E-state index < -0.39 is 10.8 Å². The number of halogens is 1. The van der Waals surface area contributed by atoms with Gasteiger partial charge in [0.1, 0.15) is 5.75 Å². The van der Waals surface area contributed by atoms with Crippen molar-refractivity contribution in [1.29, 1.82) is 0 Å². The molecule has 0 aromatic heterocycles. The van der Waals surface area contributed by atoms with Crippen LogP contribution in [0, 0.1) is 0 Å². The van der Waals surface area contributed by atoms with Gasteiger partial charge in [-0.15, -0.1) is 0 Å². The van der Waals surface area contributed by atoms with Crippen molar-refractivity contribution in [3.8, 4) is 5.75 Å². The number of aromatic hydroxyl groups is 1. The average molecular weight is 262 g/mol. The number of phenols is 1. The first-order chi connectivity index (χ1) is 7.63. The minimum Gasteiger partial charge on any atom is -0.508 e. The van der Waals surface area contributed by atoms with Gasteiger partial charge in [-0.05, 0) is 18.2 Å². The average Bonchev–Trinajstić information content (AvgIpc) is 2.28. The van der Waals surface area contributed by atoms with Crippen LogP contribution in [-0.2, 0) is 17.3 Å². The lowest BCUT2D eigenvalue weighted by Crippen LogP contribution is -2.20. The summed E-state index contributed by atoms with van der Waals surface area (Å²) in [6.45, 7) is 3.11. The summed E-state index contributed by atoms with van der Waals surface area (Å²) >= 11 is 5.82. The highest BCUT2D eigenvalue weighted by Crippen LogP contribution is 2.20. The molecule has 2 N–H and O–H groups in total. The third kappa shape index (κ3) is 4.51. The molecule has 1 atom stereocenters. The zero-order valence-electron chi connectivity index (χ0n) is 9.20. The van der Waals surface area contributed by atoms with Gasteiger partial charge in [0, 0.05) is 46.0 Å². The van der Waals surface area contributed by atoms with Crippen LogP contribution in [0.5, 0.6) is 5.75 Å². The summed E-state index contributed by atoms with van der Waals surface area (Å²) in [6.07, 6.45) is 0. The van der Waals surface area contributed by atoms with Gasteiger partial charge in [0.05, 0.1) is 0 Å². The summed E-state index contributed by atoms with van der Waals surface area (Å²) in [5, 5.41) is 13.3. The van der Waals surface area contributed by atoms with Crippen LogP contribution >= 0.6 is 11.6 Å². The third-order valence-electron chi connectivity index (χ3n) is 2.19. The van der Waals surface area contributed by atoms with E-state index in [-0.39, 0.29) is 5.75 Å². The molecule has 1 rings (SSSR count). The van der Waals surface area contributed by atoms with E-state index in [9.17, 15) is 9.32 Å². The molecule has 0 spiro atoms. The SMILES string of the molecule is CCS(=O)CCNCc1cc(Cl)ccc1O. The van der Waals surface area contributed by atoms with E-state index >= 15 is 0 Å². The Bertz CT molecular complexity index is 371. The van der Waals surface area contributed by atoms with Gasteiger partial charge in [-0.2, -0.15) is 0 Å². The van der Waals surface area contributed by atoms with Crippen molar-refractivity contribution < 1.29 is 9.32 Å². The highest BCUT2D eigenvalue weighted by Gasteiger charge is 2.02. The molecule has 16 heavy (non-hydrogen) atoms. The van der Waals surface area contributed by atoms with Crippen LogP contribution < -0.4 is 5.32 Å². The van der Waals surface area contributed by atoms with Crippen molar-refractivity contribution in [1.82, 2.24) is 5.32 Å². The zero-order valence-corrected chi connectivity index (χ0v) is 10.8. The first-order valence-corrected chi connectivity index (χ1v) is 7.03. The Kier molecular flexibility index (Phi) is 5.80. The topological polar surface area (TPSA) is 49.3 Å². The van der Waals surface area contributed by atoms with Crippen molar-refractivity contribution in [2.75, 3.05) is 18.1 Å². The lowest BCUT2D eigenvalue weighted by molar-refractivity contribution is 0.465. The third-order valence-corrected chi connectivity index (χ3v) is 3.72. The molecule has 90 valence electrons. The molecule has 0 saturated heterocycles. The van der Waals surface area contributed by atoms with Crippen molar-refractivity contribution in [3.05, 3.63) is 28.8 Å². The molecule has 0 bridgehead atoms. The monoisotopic (exact) mass is 261 g/mol. The highest BCUT2D eigenvalue weighted by molar-refractivity contribution is 7.84. The van der Waals surface area contributed by atoms with E-state index in [4.69, 9.17) is 11.6 Å². The summed E-state index contributed by atoms with van der Waals surface area (Å²) in [6, 6.07) is 4.94. The zero-order chi connectivity index (χ0) is 12.0. The maximum absolute atomic E-state index is 11.1. The van der Waals surface area contributed by atoms with Gasteiger partial charge in [-0.3, -0.25) is 4.21 Å². The molecule has 1 aromatic carbocycles. The second kappa shape index (κ2) is 6.89. The van der Waals surface area contributed by atoms with E-state index in [1.54, 1.807) is 18.2 Å². The molecule has 5 heteroatoms. The molecule has 0 aliphatic heterocycles. The molecule has 1 unspecified atom stereocenters. The normalized spacial score (nSPS) is 12.6. The maximum atomic E-state index is 11.1. The number of hydrogen-bond donors (Lipinski definition) is 2. The summed E-state index contributed by atoms with van der Waals surface area (Å²) in [5.74, 6) is 1.55. The minimum atomic E-state index is -0.746. The fourth-order valence-corrected chi connectivity index (χ4v) is 2.10. The molecule has 3 nitrogen and oxygen atoms in total. The van der Waals surface area contributed by atoms with Crippen LogP contribution in [0.3, 0.4) is 0 Å².